The fourth-order valence-electron chi connectivity index (χ4n) is 3.91. The van der Waals surface area contributed by atoms with Crippen LogP contribution in [-0.4, -0.2) is 47.0 Å². The van der Waals surface area contributed by atoms with E-state index >= 15 is 0 Å². The lowest BCUT2D eigenvalue weighted by Gasteiger charge is -2.29. The quantitative estimate of drug-likeness (QED) is 0.566. The van der Waals surface area contributed by atoms with E-state index in [-0.39, 0.29) is 30.2 Å². The van der Waals surface area contributed by atoms with E-state index in [1.807, 2.05) is 12.1 Å². The zero-order valence-electron chi connectivity index (χ0n) is 17.6. The molecule has 3 aromatic rings. The maximum absolute atomic E-state index is 13.9. The van der Waals surface area contributed by atoms with Gasteiger partial charge in [0.05, 0.1) is 29.1 Å². The van der Waals surface area contributed by atoms with E-state index in [1.165, 1.54) is 24.0 Å². The maximum atomic E-state index is 13.9. The van der Waals surface area contributed by atoms with E-state index < -0.39 is 11.6 Å². The molecule has 10 heteroatoms. The maximum Gasteiger partial charge on any atom is 0.235 e. The van der Waals surface area contributed by atoms with Crippen molar-refractivity contribution in [3.05, 3.63) is 53.9 Å². The Morgan fingerprint density at radius 3 is 3.00 bits per heavy atom. The highest BCUT2D eigenvalue weighted by Gasteiger charge is 2.23. The molecule has 0 unspecified atom stereocenters. The van der Waals surface area contributed by atoms with Gasteiger partial charge in [-0.2, -0.15) is 0 Å². The molecule has 1 saturated heterocycles. The molecule has 0 saturated carbocycles. The summed E-state index contributed by atoms with van der Waals surface area (Å²) in [5.41, 5.74) is 0.933. The summed E-state index contributed by atoms with van der Waals surface area (Å²) in [7, 11) is 0. The Morgan fingerprint density at radius 2 is 2.15 bits per heavy atom. The number of amides is 1. The molecule has 0 aliphatic carbocycles. The number of ether oxygens (including phenoxy) is 2. The predicted molar refractivity (Wildman–Crippen MR) is 120 cm³/mol. The Kier molecular flexibility index (Phi) is 6.39. The van der Waals surface area contributed by atoms with Crippen molar-refractivity contribution < 1.29 is 23.0 Å². The lowest BCUT2D eigenvalue weighted by molar-refractivity contribution is -0.113. The van der Waals surface area contributed by atoms with Crippen molar-refractivity contribution in [3.63, 3.8) is 0 Å². The lowest BCUT2D eigenvalue weighted by atomic mass is 10.1. The minimum Gasteiger partial charge on any atom is -0.490 e. The van der Waals surface area contributed by atoms with Gasteiger partial charge in [0.15, 0.2) is 5.82 Å². The van der Waals surface area contributed by atoms with Gasteiger partial charge >= 0.3 is 0 Å². The fourth-order valence-corrected chi connectivity index (χ4v) is 4.67. The molecule has 0 spiro atoms. The largest absolute Gasteiger partial charge is 0.490 e. The second-order valence-electron chi connectivity index (χ2n) is 8.00. The molecule has 1 fully saturated rings. The average molecular weight is 473 g/mol. The van der Waals surface area contributed by atoms with Gasteiger partial charge in [0.25, 0.3) is 0 Å². The Hall–Kier alpha value is -2.82. The molecule has 2 N–H and O–H groups in total. The van der Waals surface area contributed by atoms with Crippen LogP contribution >= 0.6 is 11.8 Å². The number of carbonyl (C=O) groups is 1. The molecule has 7 nitrogen and oxygen atoms in total. The summed E-state index contributed by atoms with van der Waals surface area (Å²) in [5.74, 6) is 0.000970. The highest BCUT2D eigenvalue weighted by Crippen LogP contribution is 2.30. The van der Waals surface area contributed by atoms with Crippen LogP contribution in [0.2, 0.25) is 0 Å². The molecular formula is C23H22F2N4O3S. The molecule has 4 heterocycles. The Bertz CT molecular complexity index is 1190. The third kappa shape index (κ3) is 5.07. The zero-order chi connectivity index (χ0) is 22.8. The highest BCUT2D eigenvalue weighted by molar-refractivity contribution is 8.00. The standard InChI is InChI=1S/C23H22F2N4O3S/c24-13-7-17-19(5-6-26-22(17)18(25)8-13)32-11-16-3-1-15(10-31-16)27-9-14-2-4-20-23(28-14)29-21(30)12-33-20/h2,4-8,15-16,27H,1,3,9-12H2,(H,28,29,30)/t15-,16+/m1/s1. The summed E-state index contributed by atoms with van der Waals surface area (Å²) in [6, 6.07) is 7.75. The molecule has 0 radical (unpaired) electrons. The Balaban J connectivity index is 1.12. The summed E-state index contributed by atoms with van der Waals surface area (Å²) < 4.78 is 39.3. The summed E-state index contributed by atoms with van der Waals surface area (Å²) in [6.07, 6.45) is 3.01. The normalized spacial score (nSPS) is 20.4. The number of aromatic nitrogens is 2. The monoisotopic (exact) mass is 472 g/mol. The molecular weight excluding hydrogens is 450 g/mol. The van der Waals surface area contributed by atoms with Crippen LogP contribution in [0.5, 0.6) is 5.75 Å². The first-order valence-corrected chi connectivity index (χ1v) is 11.7. The topological polar surface area (TPSA) is 85.4 Å². The first-order chi connectivity index (χ1) is 16.0. The van der Waals surface area contributed by atoms with Gasteiger partial charge in [0.1, 0.15) is 29.5 Å². The zero-order valence-corrected chi connectivity index (χ0v) is 18.5. The van der Waals surface area contributed by atoms with Crippen molar-refractivity contribution in [1.29, 1.82) is 0 Å². The fraction of sp³-hybridized carbons (Fsp3) is 0.348. The van der Waals surface area contributed by atoms with Gasteiger partial charge in [-0.15, -0.1) is 11.8 Å². The molecule has 2 aliphatic heterocycles. The van der Waals surface area contributed by atoms with Crippen LogP contribution in [0.1, 0.15) is 18.5 Å². The average Bonchev–Trinajstić information content (AvgIpc) is 2.82. The van der Waals surface area contributed by atoms with E-state index in [2.05, 4.69) is 20.6 Å². The smallest absolute Gasteiger partial charge is 0.235 e. The van der Waals surface area contributed by atoms with Crippen molar-refractivity contribution >= 4 is 34.4 Å². The number of thioether (sulfide) groups is 1. The van der Waals surface area contributed by atoms with E-state index in [1.54, 1.807) is 6.07 Å². The van der Waals surface area contributed by atoms with Gasteiger partial charge in [0, 0.05) is 30.2 Å². The number of hydrogen-bond donors (Lipinski definition) is 2. The Morgan fingerprint density at radius 1 is 1.24 bits per heavy atom. The van der Waals surface area contributed by atoms with Crippen LogP contribution in [0.3, 0.4) is 0 Å². The van der Waals surface area contributed by atoms with Crippen molar-refractivity contribution in [2.24, 2.45) is 0 Å². The molecule has 172 valence electrons. The van der Waals surface area contributed by atoms with Gasteiger partial charge < -0.3 is 20.1 Å². The molecule has 5 rings (SSSR count). The number of carbonyl (C=O) groups excluding carboxylic acids is 1. The third-order valence-electron chi connectivity index (χ3n) is 5.62. The third-order valence-corrected chi connectivity index (χ3v) is 6.67. The van der Waals surface area contributed by atoms with Crippen LogP contribution in [-0.2, 0) is 16.1 Å². The predicted octanol–water partition coefficient (Wildman–Crippen LogP) is 3.67. The number of anilines is 1. The molecule has 2 atom stereocenters. The van der Waals surface area contributed by atoms with Crippen LogP contribution in [0.25, 0.3) is 10.9 Å². The van der Waals surface area contributed by atoms with Gasteiger partial charge in [0.2, 0.25) is 5.91 Å². The molecule has 0 bridgehead atoms. The SMILES string of the molecule is O=C1CSc2ccc(CN[C@@H]3CC[C@@H](COc4ccnc5c(F)cc(F)cc45)OC3)nc2N1. The van der Waals surface area contributed by atoms with Crippen LogP contribution in [0, 0.1) is 11.6 Å². The van der Waals surface area contributed by atoms with Gasteiger partial charge in [-0.1, -0.05) is 0 Å². The van der Waals surface area contributed by atoms with Crippen molar-refractivity contribution in [3.8, 4) is 5.75 Å². The number of pyridine rings is 2. The number of fused-ring (bicyclic) bond motifs is 2. The van der Waals surface area contributed by atoms with Crippen molar-refractivity contribution in [2.75, 3.05) is 24.3 Å². The summed E-state index contributed by atoms with van der Waals surface area (Å²) in [4.78, 5) is 21.0. The number of nitrogens with one attached hydrogen (secondary N) is 2. The molecule has 2 aromatic heterocycles. The summed E-state index contributed by atoms with van der Waals surface area (Å²) in [6.45, 7) is 1.38. The number of hydrogen-bond acceptors (Lipinski definition) is 7. The summed E-state index contributed by atoms with van der Waals surface area (Å²) in [5, 5.41) is 6.56. The van der Waals surface area contributed by atoms with Crippen LogP contribution < -0.4 is 15.4 Å². The van der Waals surface area contributed by atoms with Crippen LogP contribution in [0.15, 0.2) is 41.4 Å². The van der Waals surface area contributed by atoms with Crippen molar-refractivity contribution in [2.45, 2.75) is 36.4 Å². The van der Waals surface area contributed by atoms with Crippen molar-refractivity contribution in [1.82, 2.24) is 15.3 Å². The lowest BCUT2D eigenvalue weighted by Crippen LogP contribution is -2.41. The molecule has 1 aromatic carbocycles. The minimum absolute atomic E-state index is 0.0333. The second-order valence-corrected chi connectivity index (χ2v) is 9.02. The molecule has 33 heavy (non-hydrogen) atoms. The van der Waals surface area contributed by atoms with Gasteiger partial charge in [-0.05, 0) is 37.1 Å². The van der Waals surface area contributed by atoms with E-state index in [0.717, 1.165) is 29.5 Å². The Labute approximate surface area is 193 Å². The van der Waals surface area contributed by atoms with Crippen LogP contribution in [0.4, 0.5) is 14.6 Å². The van der Waals surface area contributed by atoms with E-state index in [0.29, 0.717) is 35.9 Å². The minimum atomic E-state index is -0.715. The summed E-state index contributed by atoms with van der Waals surface area (Å²) >= 11 is 1.49. The van der Waals surface area contributed by atoms with Gasteiger partial charge in [-0.25, -0.2) is 13.8 Å². The van der Waals surface area contributed by atoms with E-state index in [9.17, 15) is 13.6 Å². The first kappa shape index (κ1) is 22.0. The molecule has 1 amide bonds. The first-order valence-electron chi connectivity index (χ1n) is 10.7. The number of halogens is 2. The second kappa shape index (κ2) is 9.58. The number of benzene rings is 1. The molecule has 2 aliphatic rings. The number of rotatable bonds is 6. The van der Waals surface area contributed by atoms with E-state index in [4.69, 9.17) is 9.47 Å². The highest BCUT2D eigenvalue weighted by atomic mass is 32.2. The number of nitrogens with zero attached hydrogens (tertiary/aromatic N) is 2. The van der Waals surface area contributed by atoms with Gasteiger partial charge in [-0.3, -0.25) is 9.78 Å².